The van der Waals surface area contributed by atoms with Gasteiger partial charge in [-0.2, -0.15) is 0 Å². The molecule has 0 radical (unpaired) electrons. The molecule has 0 saturated carbocycles. The molecule has 11 heavy (non-hydrogen) atoms. The number of nitrogens with zero attached hydrogens (tertiary/aromatic N) is 1. The third kappa shape index (κ3) is 3.80. The normalized spacial score (nSPS) is 15.6. The van der Waals surface area contributed by atoms with Crippen LogP contribution in [0.2, 0.25) is 0 Å². The number of hydrogen-bond acceptors (Lipinski definition) is 2. The molecule has 2 heteroatoms. The zero-order valence-electron chi connectivity index (χ0n) is 8.22. The van der Waals surface area contributed by atoms with Crippen molar-refractivity contribution in [1.29, 1.82) is 0 Å². The largest absolute Gasteiger partial charge is 0.226 e. The minimum absolute atomic E-state index is 0.669. The summed E-state index contributed by atoms with van der Waals surface area (Å²) in [4.78, 5) is 0. The second-order valence-electron chi connectivity index (χ2n) is 3.17. The van der Waals surface area contributed by atoms with Crippen molar-refractivity contribution in [3.63, 3.8) is 0 Å². The van der Waals surface area contributed by atoms with E-state index in [1.807, 2.05) is 6.26 Å². The maximum Gasteiger partial charge on any atom is 0.0264 e. The monoisotopic (exact) mass is 173 g/mol. The van der Waals surface area contributed by atoms with Gasteiger partial charge in [-0.1, -0.05) is 20.8 Å². The zero-order chi connectivity index (χ0) is 8.85. The molecule has 0 aromatic heterocycles. The van der Waals surface area contributed by atoms with Crippen LogP contribution in [0.15, 0.2) is 4.40 Å². The average Bonchev–Trinajstić information content (AvgIpc) is 1.88. The van der Waals surface area contributed by atoms with E-state index in [2.05, 4.69) is 32.1 Å². The summed E-state index contributed by atoms with van der Waals surface area (Å²) >= 11 is 1.56. The molecule has 0 aliphatic heterocycles. The van der Waals surface area contributed by atoms with E-state index in [9.17, 15) is 0 Å². The van der Waals surface area contributed by atoms with Crippen LogP contribution in [0, 0.1) is 11.8 Å². The lowest BCUT2D eigenvalue weighted by atomic mass is 9.89. The second-order valence-corrected chi connectivity index (χ2v) is 3.72. The van der Waals surface area contributed by atoms with Gasteiger partial charge in [0, 0.05) is 12.0 Å². The van der Waals surface area contributed by atoms with E-state index < -0.39 is 0 Å². The Morgan fingerprint density at radius 2 is 2.00 bits per heavy atom. The summed E-state index contributed by atoms with van der Waals surface area (Å²) in [5.41, 5.74) is 1.29. The third-order valence-electron chi connectivity index (χ3n) is 2.02. The molecule has 0 saturated heterocycles. The first-order valence-corrected chi connectivity index (χ1v) is 5.39. The SMILES string of the molecule is CCC(/C(C)=N\SC)C(C)C. The Labute approximate surface area is 74.8 Å². The fourth-order valence-electron chi connectivity index (χ4n) is 1.46. The van der Waals surface area contributed by atoms with Crippen LogP contribution in [0.25, 0.3) is 0 Å². The zero-order valence-corrected chi connectivity index (χ0v) is 9.03. The first-order chi connectivity index (χ1) is 5.13. The lowest BCUT2D eigenvalue weighted by Gasteiger charge is -2.17. The standard InChI is InChI=1S/C9H19NS/c1-6-9(7(2)3)8(4)10-11-5/h7,9H,6H2,1-5H3/b10-8-. The molecule has 1 atom stereocenters. The van der Waals surface area contributed by atoms with Crippen molar-refractivity contribution in [2.24, 2.45) is 16.2 Å². The highest BCUT2D eigenvalue weighted by Crippen LogP contribution is 2.18. The van der Waals surface area contributed by atoms with Gasteiger partial charge in [0.2, 0.25) is 0 Å². The molecule has 0 aromatic carbocycles. The molecule has 0 rings (SSSR count). The van der Waals surface area contributed by atoms with Crippen LogP contribution in [-0.2, 0) is 0 Å². The van der Waals surface area contributed by atoms with E-state index in [-0.39, 0.29) is 0 Å². The second kappa shape index (κ2) is 5.64. The fraction of sp³-hybridized carbons (Fsp3) is 0.889. The molecule has 0 bridgehead atoms. The average molecular weight is 173 g/mol. The van der Waals surface area contributed by atoms with Crippen molar-refractivity contribution in [3.8, 4) is 0 Å². The Balaban J connectivity index is 4.13. The van der Waals surface area contributed by atoms with Gasteiger partial charge in [-0.15, -0.1) is 0 Å². The third-order valence-corrected chi connectivity index (χ3v) is 2.49. The van der Waals surface area contributed by atoms with E-state index in [0.717, 1.165) is 5.92 Å². The molecule has 0 amide bonds. The molecular formula is C9H19NS. The van der Waals surface area contributed by atoms with E-state index in [4.69, 9.17) is 0 Å². The molecular weight excluding hydrogens is 154 g/mol. The molecule has 0 heterocycles. The lowest BCUT2D eigenvalue weighted by molar-refractivity contribution is 0.480. The van der Waals surface area contributed by atoms with Crippen LogP contribution >= 0.6 is 11.9 Å². The van der Waals surface area contributed by atoms with Gasteiger partial charge in [-0.05, 0) is 37.1 Å². The van der Waals surface area contributed by atoms with Crippen LogP contribution in [0.4, 0.5) is 0 Å². The Hall–Kier alpha value is 0.0200. The quantitative estimate of drug-likeness (QED) is 0.469. The lowest BCUT2D eigenvalue weighted by Crippen LogP contribution is -2.16. The fourth-order valence-corrected chi connectivity index (χ4v) is 1.88. The summed E-state index contributed by atoms with van der Waals surface area (Å²) < 4.78 is 4.35. The van der Waals surface area contributed by atoms with Crippen molar-refractivity contribution >= 4 is 17.7 Å². The molecule has 0 spiro atoms. The minimum Gasteiger partial charge on any atom is -0.226 e. The van der Waals surface area contributed by atoms with Crippen molar-refractivity contribution < 1.29 is 0 Å². The molecule has 0 N–H and O–H groups in total. The Morgan fingerprint density at radius 1 is 1.45 bits per heavy atom. The molecule has 66 valence electrons. The van der Waals surface area contributed by atoms with Crippen LogP contribution in [0.1, 0.15) is 34.1 Å². The van der Waals surface area contributed by atoms with Gasteiger partial charge in [0.1, 0.15) is 0 Å². The van der Waals surface area contributed by atoms with Crippen LogP contribution < -0.4 is 0 Å². The van der Waals surface area contributed by atoms with Crippen molar-refractivity contribution in [3.05, 3.63) is 0 Å². The summed E-state index contributed by atoms with van der Waals surface area (Å²) in [6.07, 6.45) is 3.21. The summed E-state index contributed by atoms with van der Waals surface area (Å²) in [6.45, 7) is 8.87. The smallest absolute Gasteiger partial charge is 0.0264 e. The van der Waals surface area contributed by atoms with Gasteiger partial charge >= 0.3 is 0 Å². The topological polar surface area (TPSA) is 12.4 Å². The van der Waals surface area contributed by atoms with E-state index in [1.54, 1.807) is 11.9 Å². The Bertz CT molecular complexity index is 130. The Kier molecular flexibility index (Phi) is 5.65. The van der Waals surface area contributed by atoms with E-state index in [0.29, 0.717) is 5.92 Å². The number of rotatable bonds is 4. The minimum atomic E-state index is 0.669. The van der Waals surface area contributed by atoms with E-state index >= 15 is 0 Å². The van der Waals surface area contributed by atoms with Crippen LogP contribution in [-0.4, -0.2) is 12.0 Å². The van der Waals surface area contributed by atoms with Gasteiger partial charge in [0.15, 0.2) is 0 Å². The van der Waals surface area contributed by atoms with Crippen molar-refractivity contribution in [1.82, 2.24) is 0 Å². The molecule has 0 fully saturated rings. The first kappa shape index (κ1) is 11.0. The molecule has 0 aliphatic rings. The van der Waals surface area contributed by atoms with Crippen LogP contribution in [0.5, 0.6) is 0 Å². The summed E-state index contributed by atoms with van der Waals surface area (Å²) in [6, 6.07) is 0. The van der Waals surface area contributed by atoms with Gasteiger partial charge in [0.25, 0.3) is 0 Å². The van der Waals surface area contributed by atoms with Crippen LogP contribution in [0.3, 0.4) is 0 Å². The number of hydrogen-bond donors (Lipinski definition) is 0. The van der Waals surface area contributed by atoms with Gasteiger partial charge in [0.05, 0.1) is 0 Å². The van der Waals surface area contributed by atoms with Crippen molar-refractivity contribution in [2.45, 2.75) is 34.1 Å². The first-order valence-electron chi connectivity index (χ1n) is 4.21. The molecule has 1 nitrogen and oxygen atoms in total. The highest BCUT2D eigenvalue weighted by atomic mass is 32.2. The highest BCUT2D eigenvalue weighted by molar-refractivity contribution is 7.97. The predicted molar refractivity (Wildman–Crippen MR) is 55.2 cm³/mol. The Morgan fingerprint density at radius 3 is 2.27 bits per heavy atom. The van der Waals surface area contributed by atoms with E-state index in [1.165, 1.54) is 12.1 Å². The maximum absolute atomic E-state index is 4.35. The van der Waals surface area contributed by atoms with Gasteiger partial charge in [-0.25, -0.2) is 4.40 Å². The maximum atomic E-state index is 4.35. The predicted octanol–water partition coefficient (Wildman–Crippen LogP) is 3.41. The van der Waals surface area contributed by atoms with Gasteiger partial charge < -0.3 is 0 Å². The van der Waals surface area contributed by atoms with Crippen molar-refractivity contribution in [2.75, 3.05) is 6.26 Å². The summed E-state index contributed by atoms with van der Waals surface area (Å²) in [5.74, 6) is 1.39. The molecule has 1 unspecified atom stereocenters. The van der Waals surface area contributed by atoms with Gasteiger partial charge in [-0.3, -0.25) is 0 Å². The molecule has 0 aliphatic carbocycles. The molecule has 0 aromatic rings. The summed E-state index contributed by atoms with van der Waals surface area (Å²) in [7, 11) is 0. The highest BCUT2D eigenvalue weighted by Gasteiger charge is 2.13. The summed E-state index contributed by atoms with van der Waals surface area (Å²) in [5, 5.41) is 0.